The zero-order chi connectivity index (χ0) is 20.0. The van der Waals surface area contributed by atoms with E-state index in [1.807, 2.05) is 0 Å². The number of rotatable bonds is 9. The number of ether oxygens (including phenoxy) is 1. The van der Waals surface area contributed by atoms with E-state index in [1.54, 1.807) is 23.5 Å². The van der Waals surface area contributed by atoms with E-state index in [1.165, 1.54) is 41.8 Å². The summed E-state index contributed by atoms with van der Waals surface area (Å²) in [5.41, 5.74) is 1.26. The molecule has 1 aliphatic rings. The third kappa shape index (κ3) is 6.04. The number of carbonyl (C=O) groups excluding carboxylic acids is 1. The molecule has 0 unspecified atom stereocenters. The second-order valence-corrected chi connectivity index (χ2v) is 10.2. The van der Waals surface area contributed by atoms with Crippen molar-refractivity contribution in [3.8, 4) is 5.75 Å². The minimum Gasteiger partial charge on any atom is -0.494 e. The van der Waals surface area contributed by atoms with Gasteiger partial charge in [-0.15, -0.1) is 11.3 Å². The maximum absolute atomic E-state index is 11.9. The Labute approximate surface area is 170 Å². The normalized spacial score (nSPS) is 13.8. The molecule has 1 amide bonds. The summed E-state index contributed by atoms with van der Waals surface area (Å²) in [5.74, 6) is 0.609. The van der Waals surface area contributed by atoms with Crippen LogP contribution in [0.25, 0.3) is 0 Å². The Kier molecular flexibility index (Phi) is 7.07. The molecule has 1 aliphatic carbocycles. The summed E-state index contributed by atoms with van der Waals surface area (Å²) >= 11 is 1.79. The van der Waals surface area contributed by atoms with E-state index in [0.717, 1.165) is 24.3 Å². The van der Waals surface area contributed by atoms with Crippen LogP contribution >= 0.6 is 11.3 Å². The Hall–Kier alpha value is -1.93. The van der Waals surface area contributed by atoms with E-state index in [9.17, 15) is 13.2 Å². The monoisotopic (exact) mass is 422 g/mol. The van der Waals surface area contributed by atoms with E-state index >= 15 is 0 Å². The average Bonchev–Trinajstić information content (AvgIpc) is 3.08. The van der Waals surface area contributed by atoms with Gasteiger partial charge in [-0.1, -0.05) is 0 Å². The maximum atomic E-state index is 11.9. The van der Waals surface area contributed by atoms with Gasteiger partial charge in [-0.3, -0.25) is 4.79 Å². The van der Waals surface area contributed by atoms with Crippen LogP contribution < -0.4 is 10.1 Å². The summed E-state index contributed by atoms with van der Waals surface area (Å²) in [6.07, 6.45) is 7.69. The lowest BCUT2D eigenvalue weighted by Crippen LogP contribution is -2.25. The quantitative estimate of drug-likeness (QED) is 0.628. The molecule has 0 fully saturated rings. The summed E-state index contributed by atoms with van der Waals surface area (Å²) in [6, 6.07) is 6.30. The van der Waals surface area contributed by atoms with Crippen molar-refractivity contribution in [2.75, 3.05) is 19.4 Å². The van der Waals surface area contributed by atoms with Crippen LogP contribution in [0, 0.1) is 0 Å². The fraction of sp³-hybridized carbons (Fsp3) is 0.500. The molecule has 0 saturated heterocycles. The first kappa shape index (κ1) is 20.8. The lowest BCUT2D eigenvalue weighted by atomic mass is 10.0. The molecule has 6 nitrogen and oxygen atoms in total. The number of sulfone groups is 1. The van der Waals surface area contributed by atoms with Gasteiger partial charge in [0, 0.05) is 30.5 Å². The highest BCUT2D eigenvalue weighted by molar-refractivity contribution is 7.90. The SMILES string of the molecule is CS(=O)(=O)c1ccc(OCCCC(=O)NCCc2nc3c(s2)CCCC3)cc1. The van der Waals surface area contributed by atoms with Crippen LogP contribution in [-0.2, 0) is 33.9 Å². The zero-order valence-electron chi connectivity index (χ0n) is 16.1. The molecule has 1 heterocycles. The molecule has 152 valence electrons. The first-order valence-electron chi connectivity index (χ1n) is 9.59. The smallest absolute Gasteiger partial charge is 0.220 e. The molecule has 3 rings (SSSR count). The molecule has 0 bridgehead atoms. The third-order valence-corrected chi connectivity index (χ3v) is 6.97. The van der Waals surface area contributed by atoms with E-state index in [0.29, 0.717) is 31.7 Å². The van der Waals surface area contributed by atoms with E-state index in [4.69, 9.17) is 4.74 Å². The molecule has 0 saturated carbocycles. The highest BCUT2D eigenvalue weighted by Gasteiger charge is 2.15. The van der Waals surface area contributed by atoms with Gasteiger partial charge in [0.15, 0.2) is 9.84 Å². The number of nitrogens with one attached hydrogen (secondary N) is 1. The van der Waals surface area contributed by atoms with Crippen molar-refractivity contribution in [3.63, 3.8) is 0 Å². The molecule has 1 aromatic heterocycles. The predicted octanol–water partition coefficient (Wildman–Crippen LogP) is 2.94. The van der Waals surface area contributed by atoms with Crippen molar-refractivity contribution in [1.29, 1.82) is 0 Å². The summed E-state index contributed by atoms with van der Waals surface area (Å²) in [6.45, 7) is 1.02. The molecule has 1 aromatic carbocycles. The molecule has 0 aliphatic heterocycles. The number of hydrogen-bond donors (Lipinski definition) is 1. The molecule has 1 N–H and O–H groups in total. The zero-order valence-corrected chi connectivity index (χ0v) is 17.7. The van der Waals surface area contributed by atoms with Gasteiger partial charge >= 0.3 is 0 Å². The van der Waals surface area contributed by atoms with E-state index in [-0.39, 0.29) is 10.8 Å². The van der Waals surface area contributed by atoms with Gasteiger partial charge < -0.3 is 10.1 Å². The van der Waals surface area contributed by atoms with Crippen molar-refractivity contribution in [1.82, 2.24) is 10.3 Å². The Balaban J connectivity index is 1.31. The number of aromatic nitrogens is 1. The first-order valence-corrected chi connectivity index (χ1v) is 12.3. The van der Waals surface area contributed by atoms with Crippen molar-refractivity contribution < 1.29 is 17.9 Å². The summed E-state index contributed by atoms with van der Waals surface area (Å²) in [4.78, 5) is 18.3. The highest BCUT2D eigenvalue weighted by atomic mass is 32.2. The molecular weight excluding hydrogens is 396 g/mol. The molecule has 0 spiro atoms. The number of nitrogens with zero attached hydrogens (tertiary/aromatic N) is 1. The Bertz CT molecular complexity index is 881. The minimum absolute atomic E-state index is 0.0114. The van der Waals surface area contributed by atoms with Gasteiger partial charge in [-0.05, 0) is 56.4 Å². The lowest BCUT2D eigenvalue weighted by molar-refractivity contribution is -0.121. The van der Waals surface area contributed by atoms with Gasteiger partial charge in [-0.2, -0.15) is 0 Å². The molecule has 0 atom stereocenters. The Morgan fingerprint density at radius 1 is 1.21 bits per heavy atom. The van der Waals surface area contributed by atoms with Crippen LogP contribution in [0.2, 0.25) is 0 Å². The van der Waals surface area contributed by atoms with Crippen LogP contribution in [0.4, 0.5) is 0 Å². The van der Waals surface area contributed by atoms with Gasteiger partial charge in [0.05, 0.1) is 22.2 Å². The summed E-state index contributed by atoms with van der Waals surface area (Å²) < 4.78 is 28.4. The molecule has 2 aromatic rings. The molecule has 8 heteroatoms. The highest BCUT2D eigenvalue weighted by Crippen LogP contribution is 2.26. The average molecular weight is 423 g/mol. The molecule has 28 heavy (non-hydrogen) atoms. The number of hydrogen-bond acceptors (Lipinski definition) is 6. The van der Waals surface area contributed by atoms with Gasteiger partial charge in [-0.25, -0.2) is 13.4 Å². The second-order valence-electron chi connectivity index (χ2n) is 6.98. The molecule has 0 radical (unpaired) electrons. The maximum Gasteiger partial charge on any atom is 0.220 e. The van der Waals surface area contributed by atoms with Crippen molar-refractivity contribution >= 4 is 27.1 Å². The van der Waals surface area contributed by atoms with Crippen LogP contribution in [0.3, 0.4) is 0 Å². The predicted molar refractivity (Wildman–Crippen MR) is 110 cm³/mol. The molecular formula is C20H26N2O4S2. The first-order chi connectivity index (χ1) is 13.4. The Morgan fingerprint density at radius 2 is 1.96 bits per heavy atom. The van der Waals surface area contributed by atoms with E-state index < -0.39 is 9.84 Å². The topological polar surface area (TPSA) is 85.4 Å². The number of thiazole rings is 1. The minimum atomic E-state index is -3.20. The summed E-state index contributed by atoms with van der Waals surface area (Å²) in [5, 5.41) is 4.06. The second kappa shape index (κ2) is 9.52. The number of benzene rings is 1. The standard InChI is InChI=1S/C20H26N2O4S2/c1-28(24,25)16-10-8-15(9-11-16)26-14-4-7-19(23)21-13-12-20-22-17-5-2-3-6-18(17)27-20/h8-11H,2-7,12-14H2,1H3,(H,21,23). The van der Waals surface area contributed by atoms with E-state index in [2.05, 4.69) is 10.3 Å². The van der Waals surface area contributed by atoms with Crippen molar-refractivity contribution in [2.24, 2.45) is 0 Å². The number of aryl methyl sites for hydroxylation is 2. The van der Waals surface area contributed by atoms with Gasteiger partial charge in [0.1, 0.15) is 5.75 Å². The summed E-state index contributed by atoms with van der Waals surface area (Å²) in [7, 11) is -3.20. The van der Waals surface area contributed by atoms with Crippen LogP contribution in [0.15, 0.2) is 29.2 Å². The Morgan fingerprint density at radius 3 is 2.68 bits per heavy atom. The lowest BCUT2D eigenvalue weighted by Gasteiger charge is -2.07. The van der Waals surface area contributed by atoms with Gasteiger partial charge in [0.2, 0.25) is 5.91 Å². The largest absolute Gasteiger partial charge is 0.494 e. The fourth-order valence-electron chi connectivity index (χ4n) is 3.12. The van der Waals surface area contributed by atoms with Gasteiger partial charge in [0.25, 0.3) is 0 Å². The number of fused-ring (bicyclic) bond motifs is 1. The van der Waals surface area contributed by atoms with Crippen LogP contribution in [-0.4, -0.2) is 38.7 Å². The van der Waals surface area contributed by atoms with Crippen molar-refractivity contribution in [2.45, 2.75) is 49.8 Å². The third-order valence-electron chi connectivity index (χ3n) is 4.62. The van der Waals surface area contributed by atoms with Crippen LogP contribution in [0.5, 0.6) is 5.75 Å². The fourth-order valence-corrected chi connectivity index (χ4v) is 4.90. The number of amides is 1. The number of carbonyl (C=O) groups is 1. The van der Waals surface area contributed by atoms with Crippen LogP contribution in [0.1, 0.15) is 41.3 Å². The van der Waals surface area contributed by atoms with Crippen molar-refractivity contribution in [3.05, 3.63) is 39.8 Å².